The molecule has 2 aromatic rings. The second-order valence-electron chi connectivity index (χ2n) is 7.96. The minimum atomic E-state index is -0.290. The number of aromatic nitrogens is 1. The molecule has 8 heteroatoms. The van der Waals surface area contributed by atoms with Gasteiger partial charge in [-0.05, 0) is 44.3 Å². The van der Waals surface area contributed by atoms with E-state index in [1.165, 1.54) is 0 Å². The Hall–Kier alpha value is -2.97. The van der Waals surface area contributed by atoms with E-state index in [0.29, 0.717) is 35.7 Å². The maximum absolute atomic E-state index is 13.1. The molecule has 1 aromatic carbocycles. The van der Waals surface area contributed by atoms with E-state index in [1.54, 1.807) is 47.6 Å². The number of nitrogens with zero attached hydrogens (tertiary/aromatic N) is 2. The van der Waals surface area contributed by atoms with Crippen molar-refractivity contribution in [3.63, 3.8) is 0 Å². The molecule has 0 aliphatic carbocycles. The monoisotopic (exact) mass is 426 g/mol. The van der Waals surface area contributed by atoms with Crippen LogP contribution in [0.1, 0.15) is 29.8 Å². The Balaban J connectivity index is 1.91. The van der Waals surface area contributed by atoms with Crippen LogP contribution < -0.4 is 15.4 Å². The van der Waals surface area contributed by atoms with Crippen molar-refractivity contribution in [1.29, 1.82) is 0 Å². The zero-order valence-corrected chi connectivity index (χ0v) is 18.2. The molecule has 0 spiro atoms. The van der Waals surface area contributed by atoms with Crippen LogP contribution in [0.4, 0.5) is 5.69 Å². The van der Waals surface area contributed by atoms with Crippen LogP contribution in [0, 0.1) is 5.92 Å². The maximum Gasteiger partial charge on any atom is 0.255 e. The molecule has 0 saturated heterocycles. The predicted octanol–water partition coefficient (Wildman–Crippen LogP) is 1.70. The van der Waals surface area contributed by atoms with Gasteiger partial charge >= 0.3 is 0 Å². The summed E-state index contributed by atoms with van der Waals surface area (Å²) in [5.74, 6) is 0.346. The Labute approximate surface area is 182 Å². The van der Waals surface area contributed by atoms with Gasteiger partial charge in [0, 0.05) is 48.2 Å². The Morgan fingerprint density at radius 1 is 1.32 bits per heavy atom. The van der Waals surface area contributed by atoms with Crippen LogP contribution in [0.25, 0.3) is 0 Å². The Morgan fingerprint density at radius 3 is 2.74 bits per heavy atom. The van der Waals surface area contributed by atoms with E-state index in [2.05, 4.69) is 15.6 Å². The molecule has 0 bridgehead atoms. The third-order valence-corrected chi connectivity index (χ3v) is 5.52. The van der Waals surface area contributed by atoms with Crippen molar-refractivity contribution in [3.8, 4) is 5.75 Å². The second-order valence-corrected chi connectivity index (χ2v) is 7.96. The highest BCUT2D eigenvalue weighted by Gasteiger charge is 2.30. The second kappa shape index (κ2) is 10.4. The molecular formula is C23H30N4O4. The molecule has 3 N–H and O–H groups in total. The average molecular weight is 427 g/mol. The van der Waals surface area contributed by atoms with E-state index < -0.39 is 0 Å². The van der Waals surface area contributed by atoms with Crippen LogP contribution in [0.3, 0.4) is 0 Å². The number of hydrogen-bond acceptors (Lipinski definition) is 6. The lowest BCUT2D eigenvalue weighted by Gasteiger charge is -2.32. The van der Waals surface area contributed by atoms with Gasteiger partial charge in [0.1, 0.15) is 11.9 Å². The highest BCUT2D eigenvalue weighted by molar-refractivity contribution is 6.04. The van der Waals surface area contributed by atoms with Gasteiger partial charge in [-0.2, -0.15) is 0 Å². The summed E-state index contributed by atoms with van der Waals surface area (Å²) in [5.41, 5.74) is 1.77. The smallest absolute Gasteiger partial charge is 0.255 e. The van der Waals surface area contributed by atoms with E-state index >= 15 is 0 Å². The van der Waals surface area contributed by atoms with E-state index in [4.69, 9.17) is 4.74 Å². The van der Waals surface area contributed by atoms with E-state index in [9.17, 15) is 14.7 Å². The van der Waals surface area contributed by atoms with Gasteiger partial charge < -0.3 is 25.4 Å². The Kier molecular flexibility index (Phi) is 7.59. The predicted molar refractivity (Wildman–Crippen MR) is 118 cm³/mol. The first-order valence-corrected chi connectivity index (χ1v) is 10.5. The van der Waals surface area contributed by atoms with Crippen LogP contribution in [-0.2, 0) is 11.2 Å². The minimum Gasteiger partial charge on any atom is -0.488 e. The lowest BCUT2D eigenvalue weighted by Crippen LogP contribution is -2.47. The number of anilines is 1. The number of amides is 2. The molecule has 3 atom stereocenters. The standard InChI is InChI=1S/C23H30N4O4/c1-15-13-27(16(2)14-28)22(29)11-18-10-19(4-5-20(18)31-21(15)12-24-3)26-23(30)17-6-8-25-9-7-17/h4-10,15-16,21,24,28H,11-14H2,1-3H3,(H,26,30)/t15-,16+,21-/m1/s1. The molecule has 0 unspecified atom stereocenters. The average Bonchev–Trinajstić information content (AvgIpc) is 2.82. The summed E-state index contributed by atoms with van der Waals surface area (Å²) >= 11 is 0. The zero-order chi connectivity index (χ0) is 22.4. The van der Waals surface area contributed by atoms with Crippen LogP contribution in [0.15, 0.2) is 42.7 Å². The van der Waals surface area contributed by atoms with Crippen molar-refractivity contribution < 1.29 is 19.4 Å². The van der Waals surface area contributed by atoms with Crippen molar-refractivity contribution >= 4 is 17.5 Å². The van der Waals surface area contributed by atoms with Crippen LogP contribution in [-0.4, -0.2) is 65.7 Å². The molecule has 1 aliphatic heterocycles. The number of aliphatic hydroxyl groups excluding tert-OH is 1. The van der Waals surface area contributed by atoms with Crippen molar-refractivity contribution in [1.82, 2.24) is 15.2 Å². The van der Waals surface area contributed by atoms with Crippen molar-refractivity contribution in [2.75, 3.05) is 32.1 Å². The molecule has 2 heterocycles. The van der Waals surface area contributed by atoms with Crippen molar-refractivity contribution in [2.24, 2.45) is 5.92 Å². The number of pyridine rings is 1. The summed E-state index contributed by atoms with van der Waals surface area (Å²) in [6, 6.07) is 8.33. The summed E-state index contributed by atoms with van der Waals surface area (Å²) in [5, 5.41) is 15.7. The van der Waals surface area contributed by atoms with Gasteiger partial charge in [-0.3, -0.25) is 14.6 Å². The normalized spacial score (nSPS) is 20.0. The quantitative estimate of drug-likeness (QED) is 0.650. The molecule has 2 amide bonds. The summed E-state index contributed by atoms with van der Waals surface area (Å²) in [6.07, 6.45) is 3.09. The van der Waals surface area contributed by atoms with E-state index in [-0.39, 0.29) is 42.9 Å². The number of nitrogens with one attached hydrogen (secondary N) is 2. The number of likely N-dealkylation sites (N-methyl/N-ethyl adjacent to an activating group) is 1. The molecule has 1 aliphatic rings. The Morgan fingerprint density at radius 2 is 2.06 bits per heavy atom. The van der Waals surface area contributed by atoms with E-state index in [1.807, 2.05) is 20.9 Å². The van der Waals surface area contributed by atoms with Gasteiger partial charge in [0.2, 0.25) is 5.91 Å². The minimum absolute atomic E-state index is 0.0578. The van der Waals surface area contributed by atoms with Gasteiger partial charge in [0.05, 0.1) is 19.1 Å². The number of carbonyl (C=O) groups is 2. The van der Waals surface area contributed by atoms with Gasteiger partial charge in [0.15, 0.2) is 0 Å². The number of ether oxygens (including phenoxy) is 1. The topological polar surface area (TPSA) is 104 Å². The highest BCUT2D eigenvalue weighted by atomic mass is 16.5. The third-order valence-electron chi connectivity index (χ3n) is 5.52. The number of benzene rings is 1. The highest BCUT2D eigenvalue weighted by Crippen LogP contribution is 2.29. The fraction of sp³-hybridized carbons (Fsp3) is 0.435. The van der Waals surface area contributed by atoms with Gasteiger partial charge in [-0.15, -0.1) is 0 Å². The first kappa shape index (κ1) is 22.7. The number of aliphatic hydroxyl groups is 1. The van der Waals surface area contributed by atoms with Gasteiger partial charge in [-0.1, -0.05) is 6.92 Å². The van der Waals surface area contributed by atoms with Gasteiger partial charge in [-0.25, -0.2) is 0 Å². The van der Waals surface area contributed by atoms with Crippen LogP contribution in [0.5, 0.6) is 5.75 Å². The number of hydrogen-bond donors (Lipinski definition) is 3. The van der Waals surface area contributed by atoms with E-state index in [0.717, 1.165) is 0 Å². The maximum atomic E-state index is 13.1. The zero-order valence-electron chi connectivity index (χ0n) is 18.2. The summed E-state index contributed by atoms with van der Waals surface area (Å²) in [6.45, 7) is 4.89. The fourth-order valence-electron chi connectivity index (χ4n) is 3.66. The molecule has 0 saturated carbocycles. The first-order valence-electron chi connectivity index (χ1n) is 10.5. The van der Waals surface area contributed by atoms with Crippen LogP contribution >= 0.6 is 0 Å². The third kappa shape index (κ3) is 5.59. The summed E-state index contributed by atoms with van der Waals surface area (Å²) in [4.78, 5) is 31.2. The molecular weight excluding hydrogens is 396 g/mol. The summed E-state index contributed by atoms with van der Waals surface area (Å²) < 4.78 is 6.30. The summed E-state index contributed by atoms with van der Waals surface area (Å²) in [7, 11) is 1.86. The number of carbonyl (C=O) groups excluding carboxylic acids is 2. The molecule has 166 valence electrons. The molecule has 1 aromatic heterocycles. The Bertz CT molecular complexity index is 906. The molecule has 0 fully saturated rings. The number of fused-ring (bicyclic) bond motifs is 1. The van der Waals surface area contributed by atoms with Crippen molar-refractivity contribution in [2.45, 2.75) is 32.4 Å². The number of rotatable bonds is 6. The largest absolute Gasteiger partial charge is 0.488 e. The molecule has 3 rings (SSSR count). The molecule has 8 nitrogen and oxygen atoms in total. The van der Waals surface area contributed by atoms with Crippen LogP contribution in [0.2, 0.25) is 0 Å². The SMILES string of the molecule is CNC[C@H]1Oc2ccc(NC(=O)c3ccncc3)cc2CC(=O)N([C@@H](C)CO)C[C@H]1C. The molecule has 0 radical (unpaired) electrons. The fourth-order valence-corrected chi connectivity index (χ4v) is 3.66. The van der Waals surface area contributed by atoms with Gasteiger partial charge in [0.25, 0.3) is 5.91 Å². The lowest BCUT2D eigenvalue weighted by molar-refractivity contribution is -0.134. The molecule has 31 heavy (non-hydrogen) atoms. The van der Waals surface area contributed by atoms with Crippen molar-refractivity contribution in [3.05, 3.63) is 53.9 Å². The first-order chi connectivity index (χ1) is 14.9. The lowest BCUT2D eigenvalue weighted by atomic mass is 10.0.